The lowest BCUT2D eigenvalue weighted by Gasteiger charge is -2.17. The molecule has 0 bridgehead atoms. The van der Waals surface area contributed by atoms with Gasteiger partial charge in [0.1, 0.15) is 5.78 Å². The minimum Gasteiger partial charge on any atom is -0.298 e. The third-order valence-corrected chi connectivity index (χ3v) is 4.41. The lowest BCUT2D eigenvalue weighted by molar-refractivity contribution is -0.123. The number of aryl methyl sites for hydroxylation is 1. The van der Waals surface area contributed by atoms with Crippen LogP contribution in [0.15, 0.2) is 5.51 Å². The summed E-state index contributed by atoms with van der Waals surface area (Å²) in [6.07, 6.45) is 4.67. The van der Waals surface area contributed by atoms with E-state index in [9.17, 15) is 4.79 Å². The molecule has 1 aliphatic rings. The second kappa shape index (κ2) is 5.74. The summed E-state index contributed by atoms with van der Waals surface area (Å²) >= 11 is 1.67. The lowest BCUT2D eigenvalue weighted by atomic mass is 10.0. The number of carbonyl (C=O) groups is 1. The average molecular weight is 252 g/mol. The molecule has 0 radical (unpaired) electrons. The maximum Gasteiger partial charge on any atom is 0.149 e. The zero-order valence-corrected chi connectivity index (χ0v) is 11.4. The van der Waals surface area contributed by atoms with Gasteiger partial charge in [-0.25, -0.2) is 4.98 Å². The number of likely N-dealkylation sites (N-methyl/N-ethyl adjacent to an activating group) is 1. The Morgan fingerprint density at radius 2 is 2.24 bits per heavy atom. The molecule has 2 rings (SSSR count). The van der Waals surface area contributed by atoms with E-state index in [1.165, 1.54) is 17.7 Å². The van der Waals surface area contributed by atoms with Crippen LogP contribution in [0.3, 0.4) is 0 Å². The molecule has 1 heterocycles. The standard InChI is InChI=1S/C13H20N2OS/c1-10-13(17-9-14-10)8-15(2)7-12(16)11-5-3-4-6-11/h9,11H,3-8H2,1-2H3. The van der Waals surface area contributed by atoms with Gasteiger partial charge in [-0.05, 0) is 26.8 Å². The van der Waals surface area contributed by atoms with Gasteiger partial charge in [0, 0.05) is 17.3 Å². The van der Waals surface area contributed by atoms with E-state index in [-0.39, 0.29) is 0 Å². The van der Waals surface area contributed by atoms with Gasteiger partial charge in [-0.1, -0.05) is 12.8 Å². The number of hydrogen-bond acceptors (Lipinski definition) is 4. The molecule has 0 unspecified atom stereocenters. The number of thiazole rings is 1. The first-order chi connectivity index (χ1) is 8.16. The number of hydrogen-bond donors (Lipinski definition) is 0. The topological polar surface area (TPSA) is 33.2 Å². The van der Waals surface area contributed by atoms with Crippen LogP contribution in [0.4, 0.5) is 0 Å². The SMILES string of the molecule is Cc1ncsc1CN(C)CC(=O)C1CCCC1. The van der Waals surface area contributed by atoms with E-state index >= 15 is 0 Å². The molecule has 0 aromatic carbocycles. The van der Waals surface area contributed by atoms with Crippen molar-refractivity contribution in [3.8, 4) is 0 Å². The van der Waals surface area contributed by atoms with E-state index in [0.717, 1.165) is 25.1 Å². The fourth-order valence-electron chi connectivity index (χ4n) is 2.42. The molecule has 3 nitrogen and oxygen atoms in total. The molecule has 4 heteroatoms. The van der Waals surface area contributed by atoms with Crippen molar-refractivity contribution < 1.29 is 4.79 Å². The molecule has 1 aromatic heterocycles. The Hall–Kier alpha value is -0.740. The Bertz CT molecular complexity index is 383. The second-order valence-corrected chi connectivity index (χ2v) is 5.92. The Kier molecular flexibility index (Phi) is 4.29. The number of nitrogens with zero attached hydrogens (tertiary/aromatic N) is 2. The Morgan fingerprint density at radius 3 is 2.82 bits per heavy atom. The maximum atomic E-state index is 12.0. The Morgan fingerprint density at radius 1 is 1.53 bits per heavy atom. The summed E-state index contributed by atoms with van der Waals surface area (Å²) in [5, 5.41) is 0. The zero-order valence-electron chi connectivity index (χ0n) is 10.6. The molecule has 94 valence electrons. The highest BCUT2D eigenvalue weighted by atomic mass is 32.1. The summed E-state index contributed by atoms with van der Waals surface area (Å²) < 4.78 is 0. The first-order valence-electron chi connectivity index (χ1n) is 6.27. The predicted octanol–water partition coefficient (Wildman–Crippen LogP) is 2.64. The third kappa shape index (κ3) is 3.36. The van der Waals surface area contributed by atoms with Gasteiger partial charge in [0.2, 0.25) is 0 Å². The second-order valence-electron chi connectivity index (χ2n) is 4.98. The van der Waals surface area contributed by atoms with Gasteiger partial charge >= 0.3 is 0 Å². The molecule has 1 fully saturated rings. The van der Waals surface area contributed by atoms with Crippen LogP contribution in [-0.4, -0.2) is 29.3 Å². The van der Waals surface area contributed by atoms with Crippen LogP contribution in [0, 0.1) is 12.8 Å². The largest absolute Gasteiger partial charge is 0.298 e. The quantitative estimate of drug-likeness (QED) is 0.807. The van der Waals surface area contributed by atoms with Gasteiger partial charge in [-0.3, -0.25) is 9.69 Å². The van der Waals surface area contributed by atoms with Crippen molar-refractivity contribution in [1.29, 1.82) is 0 Å². The smallest absolute Gasteiger partial charge is 0.149 e. The molecule has 0 amide bonds. The number of Topliss-reactive ketones (excluding diaryl/α,β-unsaturated/α-hetero) is 1. The zero-order chi connectivity index (χ0) is 12.3. The number of aromatic nitrogens is 1. The number of ketones is 1. The molecule has 1 aliphatic carbocycles. The van der Waals surface area contributed by atoms with Crippen LogP contribution in [0.5, 0.6) is 0 Å². The summed E-state index contributed by atoms with van der Waals surface area (Å²) in [6, 6.07) is 0. The van der Waals surface area contributed by atoms with Gasteiger partial charge in [0.25, 0.3) is 0 Å². The highest BCUT2D eigenvalue weighted by Crippen LogP contribution is 2.25. The van der Waals surface area contributed by atoms with Crippen LogP contribution in [0.1, 0.15) is 36.3 Å². The van der Waals surface area contributed by atoms with Gasteiger partial charge < -0.3 is 0 Å². The van der Waals surface area contributed by atoms with Crippen LogP contribution in [-0.2, 0) is 11.3 Å². The van der Waals surface area contributed by atoms with Crippen LogP contribution in [0.25, 0.3) is 0 Å². The molecule has 0 spiro atoms. The van der Waals surface area contributed by atoms with E-state index in [1.54, 1.807) is 11.3 Å². The Labute approximate surface area is 107 Å². The summed E-state index contributed by atoms with van der Waals surface area (Å²) in [5.41, 5.74) is 2.97. The minimum absolute atomic E-state index is 0.333. The number of carbonyl (C=O) groups excluding carboxylic acids is 1. The fourth-order valence-corrected chi connectivity index (χ4v) is 3.28. The van der Waals surface area contributed by atoms with Crippen molar-refractivity contribution in [3.63, 3.8) is 0 Å². The summed E-state index contributed by atoms with van der Waals surface area (Å²) in [4.78, 5) is 19.6. The van der Waals surface area contributed by atoms with Crippen molar-refractivity contribution in [1.82, 2.24) is 9.88 Å². The molecular weight excluding hydrogens is 232 g/mol. The number of rotatable bonds is 5. The molecule has 17 heavy (non-hydrogen) atoms. The summed E-state index contributed by atoms with van der Waals surface area (Å²) in [5.74, 6) is 0.757. The monoisotopic (exact) mass is 252 g/mol. The first-order valence-corrected chi connectivity index (χ1v) is 7.15. The van der Waals surface area contributed by atoms with E-state index in [0.29, 0.717) is 18.2 Å². The fraction of sp³-hybridized carbons (Fsp3) is 0.692. The van der Waals surface area contributed by atoms with E-state index in [2.05, 4.69) is 9.88 Å². The highest BCUT2D eigenvalue weighted by Gasteiger charge is 2.23. The van der Waals surface area contributed by atoms with Crippen LogP contribution in [0.2, 0.25) is 0 Å². The van der Waals surface area contributed by atoms with E-state index in [4.69, 9.17) is 0 Å². The summed E-state index contributed by atoms with van der Waals surface area (Å²) in [6.45, 7) is 3.45. The average Bonchev–Trinajstić information content (AvgIpc) is 2.90. The first kappa shape index (κ1) is 12.7. The van der Waals surface area contributed by atoms with Crippen molar-refractivity contribution in [3.05, 3.63) is 16.1 Å². The van der Waals surface area contributed by atoms with Crippen molar-refractivity contribution in [2.45, 2.75) is 39.2 Å². The van der Waals surface area contributed by atoms with E-state index < -0.39 is 0 Å². The Balaban J connectivity index is 1.82. The van der Waals surface area contributed by atoms with Gasteiger partial charge in [0.05, 0.1) is 17.7 Å². The van der Waals surface area contributed by atoms with Crippen molar-refractivity contribution in [2.24, 2.45) is 5.92 Å². The summed E-state index contributed by atoms with van der Waals surface area (Å²) in [7, 11) is 2.02. The van der Waals surface area contributed by atoms with Crippen molar-refractivity contribution >= 4 is 17.1 Å². The van der Waals surface area contributed by atoms with Crippen LogP contribution < -0.4 is 0 Å². The van der Waals surface area contributed by atoms with Crippen LogP contribution >= 0.6 is 11.3 Å². The molecule has 1 aromatic rings. The molecular formula is C13H20N2OS. The van der Waals surface area contributed by atoms with Gasteiger partial charge in [0.15, 0.2) is 0 Å². The maximum absolute atomic E-state index is 12.0. The molecule has 0 aliphatic heterocycles. The van der Waals surface area contributed by atoms with Gasteiger partial charge in [-0.15, -0.1) is 11.3 Å². The predicted molar refractivity (Wildman–Crippen MR) is 70.2 cm³/mol. The molecule has 1 saturated carbocycles. The molecule has 0 N–H and O–H groups in total. The van der Waals surface area contributed by atoms with E-state index in [1.807, 2.05) is 19.5 Å². The highest BCUT2D eigenvalue weighted by molar-refractivity contribution is 7.09. The minimum atomic E-state index is 0.333. The van der Waals surface area contributed by atoms with Crippen molar-refractivity contribution in [2.75, 3.05) is 13.6 Å². The molecule has 0 atom stereocenters. The third-order valence-electron chi connectivity index (χ3n) is 3.49. The normalized spacial score (nSPS) is 16.9. The van der Waals surface area contributed by atoms with Gasteiger partial charge in [-0.2, -0.15) is 0 Å². The molecule has 0 saturated heterocycles. The lowest BCUT2D eigenvalue weighted by Crippen LogP contribution is -2.29.